The minimum absolute atomic E-state index is 0.123. The lowest BCUT2D eigenvalue weighted by molar-refractivity contribution is -0.297. The van der Waals surface area contributed by atoms with Gasteiger partial charge in [-0.15, -0.1) is 0 Å². The second kappa shape index (κ2) is 13.2. The van der Waals surface area contributed by atoms with E-state index in [4.69, 9.17) is 20.3 Å². The van der Waals surface area contributed by atoms with Gasteiger partial charge in [0, 0.05) is 0 Å². The number of rotatable bonds is 13. The van der Waals surface area contributed by atoms with Crippen molar-refractivity contribution in [3.05, 3.63) is 0 Å². The van der Waals surface area contributed by atoms with Crippen molar-refractivity contribution in [2.24, 2.45) is 0 Å². The minimum Gasteiger partial charge on any atom is -0.252 e. The van der Waals surface area contributed by atoms with Crippen LogP contribution in [-0.4, -0.2) is 35.9 Å². The summed E-state index contributed by atoms with van der Waals surface area (Å²) in [4.78, 5) is 18.3. The first-order valence-electron chi connectivity index (χ1n) is 6.55. The third-order valence-corrected chi connectivity index (χ3v) is 2.62. The Bertz CT molecular complexity index is 149. The molecule has 2 N–H and O–H groups in total. The molecule has 2 atom stereocenters. The highest BCUT2D eigenvalue weighted by Gasteiger charge is 2.01. The molecule has 0 saturated carbocycles. The van der Waals surface area contributed by atoms with Crippen LogP contribution in [0, 0.1) is 0 Å². The van der Waals surface area contributed by atoms with Crippen molar-refractivity contribution in [3.8, 4) is 0 Å². The lowest BCUT2D eigenvalue weighted by Gasteiger charge is -2.08. The van der Waals surface area contributed by atoms with Crippen LogP contribution in [0.25, 0.3) is 0 Å². The smallest absolute Gasteiger partial charge is 0.0899 e. The number of hydrogen-bond acceptors (Lipinski definition) is 6. The third kappa shape index (κ3) is 12.2. The Hall–Kier alpha value is -0.240. The van der Waals surface area contributed by atoms with E-state index in [1.165, 1.54) is 0 Å². The highest BCUT2D eigenvalue weighted by atomic mass is 17.2. The van der Waals surface area contributed by atoms with Crippen LogP contribution in [0.3, 0.4) is 0 Å². The fourth-order valence-electron chi connectivity index (χ4n) is 1.41. The summed E-state index contributed by atoms with van der Waals surface area (Å²) in [6.45, 7) is 4.73. The van der Waals surface area contributed by atoms with Gasteiger partial charge in [0.15, 0.2) is 0 Å². The molecular weight excluding hydrogens is 240 g/mol. The molecule has 0 aromatic carbocycles. The van der Waals surface area contributed by atoms with Gasteiger partial charge in [0.1, 0.15) is 0 Å². The zero-order valence-corrected chi connectivity index (χ0v) is 11.3. The summed E-state index contributed by atoms with van der Waals surface area (Å²) < 4.78 is 0. The molecule has 0 saturated heterocycles. The van der Waals surface area contributed by atoms with Crippen molar-refractivity contribution in [2.45, 2.75) is 64.6 Å². The second-order valence-electron chi connectivity index (χ2n) is 4.47. The molecule has 6 nitrogen and oxygen atoms in total. The van der Waals surface area contributed by atoms with Crippen molar-refractivity contribution >= 4 is 0 Å². The fourth-order valence-corrected chi connectivity index (χ4v) is 1.41. The molecule has 0 heterocycles. The molecule has 0 fully saturated rings. The summed E-state index contributed by atoms with van der Waals surface area (Å²) in [6.07, 6.45) is 4.97. The SMILES string of the molecule is CC(CCCCOOCCCCC(C)OO)OO. The monoisotopic (exact) mass is 266 g/mol. The molecule has 110 valence electrons. The third-order valence-electron chi connectivity index (χ3n) is 2.62. The Morgan fingerprint density at radius 1 is 0.722 bits per heavy atom. The molecular formula is C12H26O6. The van der Waals surface area contributed by atoms with Crippen LogP contribution in [0.2, 0.25) is 0 Å². The van der Waals surface area contributed by atoms with E-state index >= 15 is 0 Å². The quantitative estimate of drug-likeness (QED) is 0.303. The molecule has 0 spiro atoms. The summed E-state index contributed by atoms with van der Waals surface area (Å²) in [5.41, 5.74) is 0. The number of hydrogen-bond donors (Lipinski definition) is 2. The maximum atomic E-state index is 8.33. The molecule has 0 aromatic rings. The molecule has 0 aliphatic rings. The molecule has 18 heavy (non-hydrogen) atoms. The zero-order valence-electron chi connectivity index (χ0n) is 11.3. The van der Waals surface area contributed by atoms with Crippen molar-refractivity contribution in [1.29, 1.82) is 0 Å². The average Bonchev–Trinajstić information content (AvgIpc) is 2.40. The van der Waals surface area contributed by atoms with Crippen molar-refractivity contribution < 1.29 is 30.1 Å². The summed E-state index contributed by atoms with van der Waals surface area (Å²) >= 11 is 0. The molecule has 0 radical (unpaired) electrons. The fraction of sp³-hybridized carbons (Fsp3) is 1.00. The van der Waals surface area contributed by atoms with Crippen LogP contribution in [0.5, 0.6) is 0 Å². The molecule has 0 aromatic heterocycles. The Labute approximate surface area is 109 Å². The average molecular weight is 266 g/mol. The van der Waals surface area contributed by atoms with Crippen molar-refractivity contribution in [3.63, 3.8) is 0 Å². The minimum atomic E-state index is -0.123. The first-order chi connectivity index (χ1) is 8.70. The van der Waals surface area contributed by atoms with Gasteiger partial charge in [-0.2, -0.15) is 0 Å². The van der Waals surface area contributed by atoms with Crippen LogP contribution in [0.1, 0.15) is 52.4 Å². The maximum absolute atomic E-state index is 8.33. The molecule has 6 heteroatoms. The Kier molecular flexibility index (Phi) is 13.0. The first-order valence-corrected chi connectivity index (χ1v) is 6.55. The second-order valence-corrected chi connectivity index (χ2v) is 4.47. The van der Waals surface area contributed by atoms with Gasteiger partial charge in [0.2, 0.25) is 0 Å². The van der Waals surface area contributed by atoms with Gasteiger partial charge in [-0.1, -0.05) is 0 Å². The van der Waals surface area contributed by atoms with E-state index in [-0.39, 0.29) is 12.2 Å². The van der Waals surface area contributed by atoms with Gasteiger partial charge in [-0.05, 0) is 52.4 Å². The van der Waals surface area contributed by atoms with E-state index in [0.717, 1.165) is 38.5 Å². The van der Waals surface area contributed by atoms with E-state index in [1.54, 1.807) is 0 Å². The van der Waals surface area contributed by atoms with E-state index in [1.807, 2.05) is 13.8 Å². The summed E-state index contributed by atoms with van der Waals surface area (Å²) in [5, 5.41) is 16.7. The summed E-state index contributed by atoms with van der Waals surface area (Å²) in [7, 11) is 0. The maximum Gasteiger partial charge on any atom is 0.0899 e. The normalized spacial score (nSPS) is 14.7. The van der Waals surface area contributed by atoms with E-state index in [2.05, 4.69) is 9.78 Å². The van der Waals surface area contributed by atoms with Gasteiger partial charge in [-0.25, -0.2) is 19.6 Å². The Balaban J connectivity index is 3.03. The molecule has 2 unspecified atom stereocenters. The molecule has 0 rings (SSSR count). The van der Waals surface area contributed by atoms with Gasteiger partial charge >= 0.3 is 0 Å². The summed E-state index contributed by atoms with van der Waals surface area (Å²) in [6, 6.07) is 0. The molecule has 0 bridgehead atoms. The van der Waals surface area contributed by atoms with Crippen LogP contribution in [0.4, 0.5) is 0 Å². The molecule has 0 amide bonds. The lowest BCUT2D eigenvalue weighted by Crippen LogP contribution is -2.06. The first kappa shape index (κ1) is 17.8. The summed E-state index contributed by atoms with van der Waals surface area (Å²) in [5.74, 6) is 0. The van der Waals surface area contributed by atoms with Crippen LogP contribution < -0.4 is 0 Å². The topological polar surface area (TPSA) is 77.4 Å². The van der Waals surface area contributed by atoms with E-state index in [0.29, 0.717) is 13.2 Å². The molecule has 0 aliphatic heterocycles. The van der Waals surface area contributed by atoms with Gasteiger partial charge < -0.3 is 0 Å². The highest BCUT2D eigenvalue weighted by molar-refractivity contribution is 4.49. The largest absolute Gasteiger partial charge is 0.252 e. The van der Waals surface area contributed by atoms with E-state index < -0.39 is 0 Å². The zero-order chi connectivity index (χ0) is 13.6. The Morgan fingerprint density at radius 3 is 1.44 bits per heavy atom. The van der Waals surface area contributed by atoms with Crippen LogP contribution in [-0.2, 0) is 19.6 Å². The van der Waals surface area contributed by atoms with Gasteiger partial charge in [0.25, 0.3) is 0 Å². The van der Waals surface area contributed by atoms with E-state index in [9.17, 15) is 0 Å². The number of unbranched alkanes of at least 4 members (excludes halogenated alkanes) is 2. The predicted octanol–water partition coefficient (Wildman–Crippen LogP) is 3.03. The van der Waals surface area contributed by atoms with Crippen molar-refractivity contribution in [1.82, 2.24) is 0 Å². The van der Waals surface area contributed by atoms with Crippen molar-refractivity contribution in [2.75, 3.05) is 13.2 Å². The predicted molar refractivity (Wildman–Crippen MR) is 66.0 cm³/mol. The highest BCUT2D eigenvalue weighted by Crippen LogP contribution is 2.05. The lowest BCUT2D eigenvalue weighted by atomic mass is 10.2. The standard InChI is InChI=1S/C12H26O6/c1-11(17-13)7-3-5-9-15-16-10-6-4-8-12(2)18-14/h11-14H,3-10H2,1-2H3. The van der Waals surface area contributed by atoms with Gasteiger partial charge in [0.05, 0.1) is 25.4 Å². The van der Waals surface area contributed by atoms with Gasteiger partial charge in [-0.3, -0.25) is 10.5 Å². The molecule has 0 aliphatic carbocycles. The van der Waals surface area contributed by atoms with Crippen LogP contribution in [0.15, 0.2) is 0 Å². The van der Waals surface area contributed by atoms with Crippen LogP contribution >= 0.6 is 0 Å². The Morgan fingerprint density at radius 2 is 1.11 bits per heavy atom.